The maximum Gasteiger partial charge on any atom is 0.138 e. The molecule has 0 N–H and O–H groups in total. The van der Waals surface area contributed by atoms with Gasteiger partial charge in [0.15, 0.2) is 0 Å². The summed E-state index contributed by atoms with van der Waals surface area (Å²) in [6, 6.07) is 6.62. The van der Waals surface area contributed by atoms with Gasteiger partial charge in [-0.25, -0.2) is 0 Å². The van der Waals surface area contributed by atoms with E-state index in [0.29, 0.717) is 10.8 Å². The maximum absolute atomic E-state index is 8.66. The summed E-state index contributed by atoms with van der Waals surface area (Å²) in [6.45, 7) is 0. The van der Waals surface area contributed by atoms with Gasteiger partial charge in [-0.15, -0.1) is 0 Å². The van der Waals surface area contributed by atoms with Crippen LogP contribution < -0.4 is 4.74 Å². The van der Waals surface area contributed by atoms with Crippen molar-refractivity contribution in [2.75, 3.05) is 7.11 Å². The first-order chi connectivity index (χ1) is 6.22. The zero-order chi connectivity index (χ0) is 9.84. The summed E-state index contributed by atoms with van der Waals surface area (Å²) >= 11 is 5.75. The number of benzene rings is 1. The van der Waals surface area contributed by atoms with E-state index in [1.54, 1.807) is 0 Å². The quantitative estimate of drug-likeness (QED) is 0.685. The summed E-state index contributed by atoms with van der Waals surface area (Å²) in [5.41, 5.74) is 0.525. The molecular weight excluding hydrogens is 188 g/mol. The van der Waals surface area contributed by atoms with E-state index in [1.165, 1.54) is 19.2 Å². The highest BCUT2D eigenvalue weighted by molar-refractivity contribution is 6.32. The summed E-state index contributed by atoms with van der Waals surface area (Å²) in [5, 5.41) is 17.6. The van der Waals surface area contributed by atoms with Gasteiger partial charge in [0.05, 0.1) is 23.3 Å². The number of hydrogen-bond acceptors (Lipinski definition) is 3. The molecule has 0 bridgehead atoms. The first-order valence-corrected chi connectivity index (χ1v) is 3.78. The summed E-state index contributed by atoms with van der Waals surface area (Å²) < 4.78 is 4.89. The van der Waals surface area contributed by atoms with Crippen LogP contribution in [0, 0.1) is 22.7 Å². The lowest BCUT2D eigenvalue weighted by Gasteiger charge is -2.03. The topological polar surface area (TPSA) is 56.8 Å². The Kier molecular flexibility index (Phi) is 2.74. The van der Waals surface area contributed by atoms with Crippen LogP contribution in [-0.4, -0.2) is 7.11 Å². The summed E-state index contributed by atoms with van der Waals surface area (Å²) in [6.07, 6.45) is 0. The molecule has 0 fully saturated rings. The van der Waals surface area contributed by atoms with Crippen molar-refractivity contribution in [3.63, 3.8) is 0 Å². The Morgan fingerprint density at radius 3 is 2.23 bits per heavy atom. The van der Waals surface area contributed by atoms with E-state index >= 15 is 0 Å². The highest BCUT2D eigenvalue weighted by Crippen LogP contribution is 2.27. The molecule has 0 spiro atoms. The van der Waals surface area contributed by atoms with Crippen LogP contribution in [0.1, 0.15) is 11.1 Å². The Hall–Kier alpha value is -1.71. The second-order valence-corrected chi connectivity index (χ2v) is 2.66. The van der Waals surface area contributed by atoms with Crippen LogP contribution in [0.25, 0.3) is 0 Å². The lowest BCUT2D eigenvalue weighted by molar-refractivity contribution is 0.415. The zero-order valence-corrected chi connectivity index (χ0v) is 7.59. The fourth-order valence-electron chi connectivity index (χ4n) is 0.895. The number of hydrogen-bond donors (Lipinski definition) is 0. The monoisotopic (exact) mass is 192 g/mol. The maximum atomic E-state index is 8.66. The highest BCUT2D eigenvalue weighted by Gasteiger charge is 2.07. The highest BCUT2D eigenvalue weighted by atomic mass is 35.5. The van der Waals surface area contributed by atoms with Gasteiger partial charge >= 0.3 is 0 Å². The lowest BCUT2D eigenvalue weighted by Crippen LogP contribution is -1.89. The van der Waals surface area contributed by atoms with E-state index in [9.17, 15) is 0 Å². The van der Waals surface area contributed by atoms with Gasteiger partial charge < -0.3 is 4.74 Å². The van der Waals surface area contributed by atoms with Crippen molar-refractivity contribution in [3.8, 4) is 17.9 Å². The average molecular weight is 193 g/mol. The van der Waals surface area contributed by atoms with Crippen molar-refractivity contribution in [1.82, 2.24) is 0 Å². The standard InChI is InChI=1S/C9H5ClN2O/c1-13-9-3-7(5-12)6(4-11)2-8(9)10/h2-3H,1H3. The molecule has 1 aromatic rings. The minimum absolute atomic E-state index is 0.258. The van der Waals surface area contributed by atoms with Crippen LogP contribution in [0.2, 0.25) is 5.02 Å². The SMILES string of the molecule is COc1cc(C#N)c(C#N)cc1Cl. The molecule has 3 nitrogen and oxygen atoms in total. The van der Waals surface area contributed by atoms with Crippen LogP contribution in [0.15, 0.2) is 12.1 Å². The third kappa shape index (κ3) is 1.72. The predicted molar refractivity (Wildman–Crippen MR) is 47.4 cm³/mol. The van der Waals surface area contributed by atoms with Crippen LogP contribution in [0.5, 0.6) is 5.75 Å². The lowest BCUT2D eigenvalue weighted by atomic mass is 10.1. The molecule has 0 aliphatic carbocycles. The van der Waals surface area contributed by atoms with Gasteiger partial charge in [-0.05, 0) is 6.07 Å². The first-order valence-electron chi connectivity index (χ1n) is 3.40. The Labute approximate surface area is 80.7 Å². The fraction of sp³-hybridized carbons (Fsp3) is 0.111. The number of methoxy groups -OCH3 is 1. The minimum atomic E-state index is 0.258. The smallest absolute Gasteiger partial charge is 0.138 e. The van der Waals surface area contributed by atoms with Crippen LogP contribution >= 0.6 is 11.6 Å². The molecule has 64 valence electrons. The van der Waals surface area contributed by atoms with E-state index in [4.69, 9.17) is 26.9 Å². The van der Waals surface area contributed by atoms with Gasteiger partial charge in [-0.1, -0.05) is 11.6 Å². The molecule has 13 heavy (non-hydrogen) atoms. The molecule has 0 aromatic heterocycles. The van der Waals surface area contributed by atoms with Gasteiger partial charge in [-0.3, -0.25) is 0 Å². The molecule has 0 aliphatic rings. The van der Waals surface area contributed by atoms with Crippen LogP contribution in [0.3, 0.4) is 0 Å². The van der Waals surface area contributed by atoms with E-state index in [0.717, 1.165) is 0 Å². The average Bonchev–Trinajstić information content (AvgIpc) is 2.17. The molecule has 0 saturated carbocycles. The first kappa shape index (κ1) is 9.38. The molecule has 0 radical (unpaired) electrons. The van der Waals surface area contributed by atoms with E-state index in [-0.39, 0.29) is 11.1 Å². The van der Waals surface area contributed by atoms with Crippen molar-refractivity contribution in [2.45, 2.75) is 0 Å². The second-order valence-electron chi connectivity index (χ2n) is 2.26. The molecule has 0 unspecified atom stereocenters. The van der Waals surface area contributed by atoms with Crippen molar-refractivity contribution >= 4 is 11.6 Å². The third-order valence-electron chi connectivity index (χ3n) is 1.53. The molecular formula is C9H5ClN2O. The molecule has 0 amide bonds. The van der Waals surface area contributed by atoms with E-state index < -0.39 is 0 Å². The number of ether oxygens (including phenoxy) is 1. The predicted octanol–water partition coefficient (Wildman–Crippen LogP) is 2.09. The van der Waals surface area contributed by atoms with E-state index in [2.05, 4.69) is 0 Å². The summed E-state index contributed by atoms with van der Waals surface area (Å²) in [7, 11) is 1.45. The Balaban J connectivity index is 3.39. The number of rotatable bonds is 1. The number of nitriles is 2. The molecule has 1 aromatic carbocycles. The molecule has 4 heteroatoms. The van der Waals surface area contributed by atoms with Gasteiger partial charge in [0, 0.05) is 6.07 Å². The molecule has 0 aliphatic heterocycles. The van der Waals surface area contributed by atoms with E-state index in [1.807, 2.05) is 12.1 Å². The van der Waals surface area contributed by atoms with Gasteiger partial charge in [0.2, 0.25) is 0 Å². The summed E-state index contributed by atoms with van der Waals surface area (Å²) in [4.78, 5) is 0. The van der Waals surface area contributed by atoms with Crippen LogP contribution in [0.4, 0.5) is 0 Å². The second kappa shape index (κ2) is 3.80. The fourth-order valence-corrected chi connectivity index (χ4v) is 1.14. The van der Waals surface area contributed by atoms with Crippen molar-refractivity contribution in [3.05, 3.63) is 28.3 Å². The van der Waals surface area contributed by atoms with Crippen LogP contribution in [-0.2, 0) is 0 Å². The van der Waals surface area contributed by atoms with Crippen molar-refractivity contribution in [2.24, 2.45) is 0 Å². The zero-order valence-electron chi connectivity index (χ0n) is 6.84. The van der Waals surface area contributed by atoms with Gasteiger partial charge in [-0.2, -0.15) is 10.5 Å². The number of halogens is 1. The summed E-state index contributed by atoms with van der Waals surface area (Å²) in [5.74, 6) is 0.400. The largest absolute Gasteiger partial charge is 0.495 e. The van der Waals surface area contributed by atoms with Gasteiger partial charge in [0.25, 0.3) is 0 Å². The third-order valence-corrected chi connectivity index (χ3v) is 1.83. The Morgan fingerprint density at radius 1 is 1.23 bits per heavy atom. The molecule has 0 atom stereocenters. The van der Waals surface area contributed by atoms with Gasteiger partial charge in [0.1, 0.15) is 17.9 Å². The van der Waals surface area contributed by atoms with Crippen molar-refractivity contribution < 1.29 is 4.74 Å². The van der Waals surface area contributed by atoms with Crippen molar-refractivity contribution in [1.29, 1.82) is 10.5 Å². The Bertz CT molecular complexity index is 415. The Morgan fingerprint density at radius 2 is 1.77 bits per heavy atom. The number of nitrogens with zero attached hydrogens (tertiary/aromatic N) is 2. The molecule has 1 rings (SSSR count). The minimum Gasteiger partial charge on any atom is -0.495 e. The normalized spacial score (nSPS) is 8.62. The molecule has 0 saturated heterocycles. The molecule has 0 heterocycles.